The molecule has 2 aliphatic heterocycles. The van der Waals surface area contributed by atoms with Crippen molar-refractivity contribution < 1.29 is 19.4 Å². The zero-order chi connectivity index (χ0) is 16.6. The summed E-state index contributed by atoms with van der Waals surface area (Å²) in [5.41, 5.74) is 0.00969. The predicted molar refractivity (Wildman–Crippen MR) is 87.5 cm³/mol. The number of fused-ring (bicyclic) bond motifs is 2. The highest BCUT2D eigenvalue weighted by atomic mass is 16.6. The summed E-state index contributed by atoms with van der Waals surface area (Å²) in [5.74, 6) is 0.967. The van der Waals surface area contributed by atoms with Crippen LogP contribution in [0.4, 0.5) is 5.69 Å². The number of benzene rings is 1. The SMILES string of the molecule is C=CCC12OC3C(O)C4CC3C1C4C(=O)N2c1ccccc1OC. The molecular formula is C19H21NO4. The van der Waals surface area contributed by atoms with Gasteiger partial charge in [-0.1, -0.05) is 18.2 Å². The number of carbonyl (C=O) groups excluding carboxylic acids is 1. The van der Waals surface area contributed by atoms with Crippen LogP contribution in [-0.4, -0.2) is 36.1 Å². The molecule has 5 heteroatoms. The summed E-state index contributed by atoms with van der Waals surface area (Å²) in [5, 5.41) is 10.5. The number of aliphatic hydroxyl groups excluding tert-OH is 1. The second kappa shape index (κ2) is 4.61. The molecule has 0 spiro atoms. The molecule has 24 heavy (non-hydrogen) atoms. The Balaban J connectivity index is 1.70. The number of amides is 1. The molecular weight excluding hydrogens is 306 g/mol. The highest BCUT2D eigenvalue weighted by Gasteiger charge is 2.78. The lowest BCUT2D eigenvalue weighted by atomic mass is 9.76. The van der Waals surface area contributed by atoms with Crippen molar-refractivity contribution >= 4 is 11.6 Å². The number of aliphatic hydroxyl groups is 1. The number of anilines is 1. The van der Waals surface area contributed by atoms with Gasteiger partial charge in [0.2, 0.25) is 5.91 Å². The molecule has 126 valence electrons. The Kier molecular flexibility index (Phi) is 2.78. The third-order valence-corrected chi connectivity index (χ3v) is 6.56. The molecule has 2 saturated carbocycles. The van der Waals surface area contributed by atoms with E-state index in [1.165, 1.54) is 0 Å². The third kappa shape index (κ3) is 1.42. The van der Waals surface area contributed by atoms with Gasteiger partial charge in [0, 0.05) is 12.3 Å². The first-order valence-electron chi connectivity index (χ1n) is 8.58. The van der Waals surface area contributed by atoms with E-state index in [9.17, 15) is 9.90 Å². The molecule has 0 aromatic heterocycles. The number of carbonyl (C=O) groups is 1. The van der Waals surface area contributed by atoms with E-state index in [1.54, 1.807) is 12.0 Å². The second-order valence-corrected chi connectivity index (χ2v) is 7.37. The standard InChI is InChI=1S/C19H21NO4/c1-3-8-19-15-11-9-10(16(21)17(11)24-19)14(15)18(22)20(19)12-6-4-5-7-13(12)23-2/h3-7,10-11,14-17,21H,1,8-9H2,2H3. The van der Waals surface area contributed by atoms with Crippen LogP contribution in [0, 0.1) is 23.7 Å². The smallest absolute Gasteiger partial charge is 0.233 e. The molecule has 5 nitrogen and oxygen atoms in total. The fraction of sp³-hybridized carbons (Fsp3) is 0.526. The van der Waals surface area contributed by atoms with Crippen LogP contribution in [0.5, 0.6) is 5.75 Å². The quantitative estimate of drug-likeness (QED) is 0.859. The van der Waals surface area contributed by atoms with Crippen molar-refractivity contribution in [1.82, 2.24) is 0 Å². The van der Waals surface area contributed by atoms with E-state index >= 15 is 0 Å². The molecule has 7 unspecified atom stereocenters. The molecule has 2 heterocycles. The van der Waals surface area contributed by atoms with Crippen LogP contribution in [0.25, 0.3) is 0 Å². The Labute approximate surface area is 140 Å². The van der Waals surface area contributed by atoms with Gasteiger partial charge in [-0.2, -0.15) is 0 Å². The molecule has 1 aromatic carbocycles. The fourth-order valence-corrected chi connectivity index (χ4v) is 5.91. The molecule has 1 amide bonds. The van der Waals surface area contributed by atoms with Crippen LogP contribution >= 0.6 is 0 Å². The maximum absolute atomic E-state index is 13.4. The molecule has 7 atom stereocenters. The number of methoxy groups -OCH3 is 1. The second-order valence-electron chi connectivity index (χ2n) is 7.37. The predicted octanol–water partition coefficient (Wildman–Crippen LogP) is 1.96. The summed E-state index contributed by atoms with van der Waals surface area (Å²) in [4.78, 5) is 15.2. The zero-order valence-electron chi connectivity index (χ0n) is 13.6. The summed E-state index contributed by atoms with van der Waals surface area (Å²) < 4.78 is 11.9. The van der Waals surface area contributed by atoms with Gasteiger partial charge in [-0.15, -0.1) is 6.58 Å². The van der Waals surface area contributed by atoms with Gasteiger partial charge >= 0.3 is 0 Å². The van der Waals surface area contributed by atoms with Crippen LogP contribution in [0.1, 0.15) is 12.8 Å². The molecule has 4 fully saturated rings. The topological polar surface area (TPSA) is 59.0 Å². The molecule has 1 N–H and O–H groups in total. The average molecular weight is 327 g/mol. The van der Waals surface area contributed by atoms with E-state index in [0.717, 1.165) is 12.1 Å². The van der Waals surface area contributed by atoms with E-state index in [4.69, 9.17) is 9.47 Å². The van der Waals surface area contributed by atoms with Gasteiger partial charge in [0.1, 0.15) is 5.75 Å². The summed E-state index contributed by atoms with van der Waals surface area (Å²) >= 11 is 0. The van der Waals surface area contributed by atoms with Crippen molar-refractivity contribution in [2.24, 2.45) is 23.7 Å². The summed E-state index contributed by atoms with van der Waals surface area (Å²) in [6.45, 7) is 3.89. The van der Waals surface area contributed by atoms with Gasteiger partial charge in [0.25, 0.3) is 0 Å². The number of para-hydroxylation sites is 2. The van der Waals surface area contributed by atoms with E-state index in [-0.39, 0.29) is 35.7 Å². The van der Waals surface area contributed by atoms with Gasteiger partial charge in [-0.3, -0.25) is 9.69 Å². The summed E-state index contributed by atoms with van der Waals surface area (Å²) in [6, 6.07) is 7.56. The first-order chi connectivity index (χ1) is 11.6. The van der Waals surface area contributed by atoms with Gasteiger partial charge in [0.15, 0.2) is 5.72 Å². The summed E-state index contributed by atoms with van der Waals surface area (Å²) in [6.07, 6.45) is 2.59. The number of rotatable bonds is 4. The van der Waals surface area contributed by atoms with Crippen LogP contribution in [-0.2, 0) is 9.53 Å². The Morgan fingerprint density at radius 2 is 2.25 bits per heavy atom. The fourth-order valence-electron chi connectivity index (χ4n) is 5.91. The Hall–Kier alpha value is -1.85. The third-order valence-electron chi connectivity index (χ3n) is 6.56. The van der Waals surface area contributed by atoms with Crippen molar-refractivity contribution in [2.45, 2.75) is 30.8 Å². The Bertz CT molecular complexity index is 734. The largest absolute Gasteiger partial charge is 0.495 e. The van der Waals surface area contributed by atoms with Crippen LogP contribution in [0.15, 0.2) is 36.9 Å². The van der Waals surface area contributed by atoms with Crippen LogP contribution < -0.4 is 9.64 Å². The molecule has 4 aliphatic rings. The zero-order valence-corrected chi connectivity index (χ0v) is 13.6. The lowest BCUT2D eigenvalue weighted by molar-refractivity contribution is -0.132. The van der Waals surface area contributed by atoms with Gasteiger partial charge in [-0.05, 0) is 30.4 Å². The molecule has 2 saturated heterocycles. The van der Waals surface area contributed by atoms with Crippen molar-refractivity contribution in [1.29, 1.82) is 0 Å². The average Bonchev–Trinajstić information content (AvgIpc) is 3.24. The number of hydrogen-bond acceptors (Lipinski definition) is 4. The van der Waals surface area contributed by atoms with Crippen molar-refractivity contribution in [3.05, 3.63) is 36.9 Å². The van der Waals surface area contributed by atoms with Crippen LogP contribution in [0.2, 0.25) is 0 Å². The van der Waals surface area contributed by atoms with Gasteiger partial charge in [-0.25, -0.2) is 0 Å². The summed E-state index contributed by atoms with van der Waals surface area (Å²) in [7, 11) is 1.61. The first-order valence-corrected chi connectivity index (χ1v) is 8.58. The van der Waals surface area contributed by atoms with Crippen molar-refractivity contribution in [2.75, 3.05) is 12.0 Å². The molecule has 5 rings (SSSR count). The minimum atomic E-state index is -0.736. The molecule has 2 aliphatic carbocycles. The maximum atomic E-state index is 13.4. The molecule has 1 aromatic rings. The number of nitrogens with zero attached hydrogens (tertiary/aromatic N) is 1. The number of ether oxygens (including phenoxy) is 2. The molecule has 0 radical (unpaired) electrons. The monoisotopic (exact) mass is 327 g/mol. The van der Waals surface area contributed by atoms with Gasteiger partial charge < -0.3 is 14.6 Å². The normalized spacial score (nSPS) is 44.4. The first kappa shape index (κ1) is 14.5. The van der Waals surface area contributed by atoms with E-state index < -0.39 is 11.8 Å². The highest BCUT2D eigenvalue weighted by molar-refractivity contribution is 6.01. The Morgan fingerprint density at radius 1 is 1.46 bits per heavy atom. The lowest BCUT2D eigenvalue weighted by Gasteiger charge is -2.38. The van der Waals surface area contributed by atoms with Crippen LogP contribution in [0.3, 0.4) is 0 Å². The highest BCUT2D eigenvalue weighted by Crippen LogP contribution is 2.69. The Morgan fingerprint density at radius 3 is 3.00 bits per heavy atom. The van der Waals surface area contributed by atoms with E-state index in [0.29, 0.717) is 12.2 Å². The lowest BCUT2D eigenvalue weighted by Crippen LogP contribution is -2.51. The van der Waals surface area contributed by atoms with E-state index in [2.05, 4.69) is 6.58 Å². The maximum Gasteiger partial charge on any atom is 0.233 e. The minimum Gasteiger partial charge on any atom is -0.495 e. The number of hydrogen-bond donors (Lipinski definition) is 1. The van der Waals surface area contributed by atoms with Crippen molar-refractivity contribution in [3.8, 4) is 5.75 Å². The minimum absolute atomic E-state index is 0.0175. The van der Waals surface area contributed by atoms with E-state index in [1.807, 2.05) is 30.3 Å². The van der Waals surface area contributed by atoms with Crippen molar-refractivity contribution in [3.63, 3.8) is 0 Å². The van der Waals surface area contributed by atoms with Gasteiger partial charge in [0.05, 0.1) is 30.9 Å². The molecule has 2 bridgehead atoms.